The van der Waals surface area contributed by atoms with E-state index in [9.17, 15) is 4.79 Å². The van der Waals surface area contributed by atoms with Gasteiger partial charge in [-0.2, -0.15) is 0 Å². The van der Waals surface area contributed by atoms with Gasteiger partial charge < -0.3 is 4.74 Å². The van der Waals surface area contributed by atoms with E-state index in [0.717, 1.165) is 29.4 Å². The molecule has 1 aliphatic rings. The van der Waals surface area contributed by atoms with Crippen molar-refractivity contribution in [2.24, 2.45) is 0 Å². The van der Waals surface area contributed by atoms with Gasteiger partial charge in [-0.25, -0.2) is 0 Å². The highest BCUT2D eigenvalue weighted by Crippen LogP contribution is 2.40. The van der Waals surface area contributed by atoms with Gasteiger partial charge in [0.25, 0.3) is 0 Å². The third-order valence-corrected chi connectivity index (χ3v) is 3.96. The van der Waals surface area contributed by atoms with Crippen LogP contribution in [0.1, 0.15) is 18.9 Å². The third-order valence-electron chi connectivity index (χ3n) is 3.04. The zero-order chi connectivity index (χ0) is 13.9. The van der Waals surface area contributed by atoms with Gasteiger partial charge in [-0.05, 0) is 25.0 Å². The van der Waals surface area contributed by atoms with E-state index >= 15 is 0 Å². The van der Waals surface area contributed by atoms with Crippen LogP contribution in [0.5, 0.6) is 0 Å². The maximum atomic E-state index is 11.2. The first-order valence-electron chi connectivity index (χ1n) is 6.34. The van der Waals surface area contributed by atoms with Gasteiger partial charge in [0.2, 0.25) is 0 Å². The van der Waals surface area contributed by atoms with Crippen LogP contribution in [0.25, 0.3) is 11.4 Å². The molecular weight excluding hydrogens is 276 g/mol. The van der Waals surface area contributed by atoms with Crippen LogP contribution in [-0.2, 0) is 9.53 Å². The molecule has 104 valence electrons. The predicted molar refractivity (Wildman–Crippen MR) is 74.3 cm³/mol. The van der Waals surface area contributed by atoms with Crippen LogP contribution in [0, 0.1) is 0 Å². The first-order valence-corrected chi connectivity index (χ1v) is 7.33. The van der Waals surface area contributed by atoms with Crippen molar-refractivity contribution in [3.05, 3.63) is 24.5 Å². The number of aromatic nitrogens is 4. The Balaban J connectivity index is 1.88. The Kier molecular flexibility index (Phi) is 3.68. The third kappa shape index (κ3) is 2.67. The highest BCUT2D eigenvalue weighted by Gasteiger charge is 2.30. The monoisotopic (exact) mass is 290 g/mol. The van der Waals surface area contributed by atoms with Crippen molar-refractivity contribution in [3.63, 3.8) is 0 Å². The molecule has 1 aliphatic carbocycles. The summed E-state index contributed by atoms with van der Waals surface area (Å²) in [5.74, 6) is 0.797. The van der Waals surface area contributed by atoms with E-state index < -0.39 is 0 Å². The second-order valence-electron chi connectivity index (χ2n) is 4.51. The Morgan fingerprint density at radius 1 is 1.50 bits per heavy atom. The molecule has 2 heterocycles. The van der Waals surface area contributed by atoms with E-state index in [4.69, 9.17) is 0 Å². The van der Waals surface area contributed by atoms with E-state index in [1.165, 1.54) is 18.9 Å². The highest BCUT2D eigenvalue weighted by atomic mass is 32.2. The minimum absolute atomic E-state index is 0.244. The lowest BCUT2D eigenvalue weighted by molar-refractivity contribution is -0.137. The van der Waals surface area contributed by atoms with E-state index in [-0.39, 0.29) is 11.7 Å². The number of hydrogen-bond acceptors (Lipinski definition) is 6. The van der Waals surface area contributed by atoms with Crippen molar-refractivity contribution < 1.29 is 9.53 Å². The number of pyridine rings is 1. The predicted octanol–water partition coefficient (Wildman–Crippen LogP) is 1.94. The Hall–Kier alpha value is -1.89. The molecule has 2 aromatic heterocycles. The zero-order valence-electron chi connectivity index (χ0n) is 11.0. The molecule has 0 aromatic carbocycles. The molecule has 0 amide bonds. The Labute approximate surface area is 120 Å². The molecule has 1 saturated carbocycles. The number of hydrogen-bond donors (Lipinski definition) is 0. The lowest BCUT2D eigenvalue weighted by Crippen LogP contribution is -2.05. The fraction of sp³-hybridized carbons (Fsp3) is 0.385. The van der Waals surface area contributed by atoms with E-state index in [1.54, 1.807) is 12.4 Å². The second kappa shape index (κ2) is 5.62. The van der Waals surface area contributed by atoms with Gasteiger partial charge >= 0.3 is 5.97 Å². The van der Waals surface area contributed by atoms with E-state index in [1.807, 2.05) is 12.1 Å². The average molecular weight is 290 g/mol. The van der Waals surface area contributed by atoms with E-state index in [0.29, 0.717) is 6.04 Å². The van der Waals surface area contributed by atoms with Crippen molar-refractivity contribution in [2.45, 2.75) is 24.0 Å². The standard InChI is InChI=1S/C13H14N4O2S/c1-19-11(18)8-20-13-16-15-12(17(13)10-4-5-10)9-3-2-6-14-7-9/h2-3,6-7,10H,4-5,8H2,1H3. The zero-order valence-corrected chi connectivity index (χ0v) is 11.8. The summed E-state index contributed by atoms with van der Waals surface area (Å²) in [5.41, 5.74) is 0.941. The molecule has 0 radical (unpaired) electrons. The summed E-state index contributed by atoms with van der Waals surface area (Å²) >= 11 is 1.36. The fourth-order valence-corrected chi connectivity index (χ4v) is 2.75. The maximum absolute atomic E-state index is 11.2. The summed E-state index contributed by atoms with van der Waals surface area (Å²) in [5, 5.41) is 9.21. The SMILES string of the molecule is COC(=O)CSc1nnc(-c2cccnc2)n1C1CC1. The normalized spacial score (nSPS) is 14.2. The molecule has 0 spiro atoms. The largest absolute Gasteiger partial charge is 0.468 e. The molecule has 0 unspecified atom stereocenters. The number of nitrogens with zero attached hydrogens (tertiary/aromatic N) is 4. The molecule has 1 fully saturated rings. The molecule has 6 nitrogen and oxygen atoms in total. The topological polar surface area (TPSA) is 69.9 Å². The molecule has 7 heteroatoms. The van der Waals surface area contributed by atoms with Crippen molar-refractivity contribution in [1.29, 1.82) is 0 Å². The van der Waals surface area contributed by atoms with Gasteiger partial charge in [-0.1, -0.05) is 11.8 Å². The number of esters is 1. The number of carbonyl (C=O) groups is 1. The molecule has 2 aromatic rings. The smallest absolute Gasteiger partial charge is 0.316 e. The minimum Gasteiger partial charge on any atom is -0.468 e. The molecular formula is C13H14N4O2S. The lowest BCUT2D eigenvalue weighted by atomic mass is 10.3. The molecule has 0 bridgehead atoms. The summed E-state index contributed by atoms with van der Waals surface area (Å²) in [6.45, 7) is 0. The van der Waals surface area contributed by atoms with Crippen LogP contribution >= 0.6 is 11.8 Å². The van der Waals surface area contributed by atoms with Crippen LogP contribution in [0.15, 0.2) is 29.7 Å². The number of rotatable bonds is 5. The summed E-state index contributed by atoms with van der Waals surface area (Å²) in [6.07, 6.45) is 5.75. The van der Waals surface area contributed by atoms with E-state index in [2.05, 4.69) is 24.5 Å². The first kappa shape index (κ1) is 13.1. The van der Waals surface area contributed by atoms with Crippen molar-refractivity contribution in [3.8, 4) is 11.4 Å². The van der Waals surface area contributed by atoms with Crippen LogP contribution in [-0.4, -0.2) is 38.6 Å². The van der Waals surface area contributed by atoms with Gasteiger partial charge in [-0.3, -0.25) is 14.3 Å². The van der Waals surface area contributed by atoms with Crippen LogP contribution in [0.4, 0.5) is 0 Å². The van der Waals surface area contributed by atoms with Gasteiger partial charge in [0, 0.05) is 24.0 Å². The number of carbonyl (C=O) groups excluding carboxylic acids is 1. The lowest BCUT2D eigenvalue weighted by Gasteiger charge is -2.07. The molecule has 0 N–H and O–H groups in total. The number of methoxy groups -OCH3 is 1. The van der Waals surface area contributed by atoms with Crippen molar-refractivity contribution in [1.82, 2.24) is 19.7 Å². The Bertz CT molecular complexity index is 610. The summed E-state index contributed by atoms with van der Waals surface area (Å²) in [7, 11) is 1.38. The van der Waals surface area contributed by atoms with Crippen LogP contribution in [0.2, 0.25) is 0 Å². The summed E-state index contributed by atoms with van der Waals surface area (Å²) < 4.78 is 6.75. The van der Waals surface area contributed by atoms with Crippen molar-refractivity contribution >= 4 is 17.7 Å². The van der Waals surface area contributed by atoms with Gasteiger partial charge in [-0.15, -0.1) is 10.2 Å². The second-order valence-corrected chi connectivity index (χ2v) is 5.46. The van der Waals surface area contributed by atoms with Gasteiger partial charge in [0.05, 0.1) is 12.9 Å². The van der Waals surface area contributed by atoms with Gasteiger partial charge in [0.15, 0.2) is 11.0 Å². The van der Waals surface area contributed by atoms with Crippen molar-refractivity contribution in [2.75, 3.05) is 12.9 Å². The Morgan fingerprint density at radius 3 is 3.00 bits per heavy atom. The molecule has 20 heavy (non-hydrogen) atoms. The first-order chi connectivity index (χ1) is 9.79. The highest BCUT2D eigenvalue weighted by molar-refractivity contribution is 7.99. The number of thioether (sulfide) groups is 1. The number of ether oxygens (including phenoxy) is 1. The summed E-state index contributed by atoms with van der Waals surface area (Å²) in [4.78, 5) is 15.4. The minimum atomic E-state index is -0.261. The Morgan fingerprint density at radius 2 is 2.35 bits per heavy atom. The quantitative estimate of drug-likeness (QED) is 0.619. The van der Waals surface area contributed by atoms with Crippen LogP contribution in [0.3, 0.4) is 0 Å². The van der Waals surface area contributed by atoms with Crippen LogP contribution < -0.4 is 0 Å². The van der Waals surface area contributed by atoms with Gasteiger partial charge in [0.1, 0.15) is 0 Å². The molecule has 0 saturated heterocycles. The molecule has 3 rings (SSSR count). The molecule has 0 atom stereocenters. The average Bonchev–Trinajstić information content (AvgIpc) is 3.25. The maximum Gasteiger partial charge on any atom is 0.316 e. The molecule has 0 aliphatic heterocycles. The fourth-order valence-electron chi connectivity index (χ4n) is 1.91. The summed E-state index contributed by atoms with van der Waals surface area (Å²) in [6, 6.07) is 4.27.